The van der Waals surface area contributed by atoms with Crippen LogP contribution in [0.2, 0.25) is 0 Å². The van der Waals surface area contributed by atoms with E-state index in [1.165, 1.54) is 46.4 Å². The van der Waals surface area contributed by atoms with Gasteiger partial charge in [-0.15, -0.1) is 18.3 Å². The molecule has 1 aliphatic heterocycles. The number of nitrogens with zero attached hydrogens (tertiary/aromatic N) is 5. The summed E-state index contributed by atoms with van der Waals surface area (Å²) in [7, 11) is 0. The Balaban J connectivity index is 1.20. The molecule has 2 amide bonds. The quantitative estimate of drug-likeness (QED) is 0.190. The van der Waals surface area contributed by atoms with Gasteiger partial charge in [-0.3, -0.25) is 0 Å². The van der Waals surface area contributed by atoms with Crippen molar-refractivity contribution in [3.63, 3.8) is 0 Å². The zero-order valence-electron chi connectivity index (χ0n) is 28.0. The Morgan fingerprint density at radius 3 is 2.46 bits per heavy atom. The largest absolute Gasteiger partial charge is 0.573 e. The number of ether oxygens (including phenoxy) is 1. The van der Waals surface area contributed by atoms with Gasteiger partial charge in [0.1, 0.15) is 12.1 Å². The third kappa shape index (κ3) is 8.77. The third-order valence-corrected chi connectivity index (χ3v) is 9.17. The molecule has 0 aliphatic carbocycles. The van der Waals surface area contributed by atoms with Crippen molar-refractivity contribution >= 4 is 28.6 Å². The van der Waals surface area contributed by atoms with Crippen molar-refractivity contribution in [2.45, 2.75) is 72.7 Å². The molecule has 0 spiro atoms. The number of aromatic nitrogens is 3. The van der Waals surface area contributed by atoms with Gasteiger partial charge in [-0.25, -0.2) is 14.5 Å². The first-order chi connectivity index (χ1) is 22.7. The number of hydrogen-bond donors (Lipinski definition) is 1. The van der Waals surface area contributed by atoms with Crippen LogP contribution in [0, 0.1) is 12.3 Å². The van der Waals surface area contributed by atoms with Crippen LogP contribution in [-0.2, 0) is 6.42 Å². The van der Waals surface area contributed by atoms with Crippen molar-refractivity contribution < 1.29 is 22.7 Å². The van der Waals surface area contributed by atoms with E-state index in [1.54, 1.807) is 11.8 Å². The van der Waals surface area contributed by atoms with E-state index in [1.807, 2.05) is 24.3 Å². The van der Waals surface area contributed by atoms with Crippen molar-refractivity contribution in [2.24, 2.45) is 10.4 Å². The highest BCUT2D eigenvalue weighted by Crippen LogP contribution is 2.36. The molecule has 1 unspecified atom stereocenters. The summed E-state index contributed by atoms with van der Waals surface area (Å²) in [5.74, 6) is 1.44. The fraction of sp³-hybridized carbons (Fsp3) is 0.389. The monoisotopic (exact) mass is 678 g/mol. The predicted octanol–water partition coefficient (Wildman–Crippen LogP) is 8.93. The van der Waals surface area contributed by atoms with Gasteiger partial charge in [-0.1, -0.05) is 75.9 Å². The number of nitrogens with one attached hydrogen (secondary N) is 1. The van der Waals surface area contributed by atoms with Crippen LogP contribution in [0.3, 0.4) is 0 Å². The first-order valence-corrected chi connectivity index (χ1v) is 16.9. The Kier molecular flexibility index (Phi) is 10.5. The standard InChI is InChI=1S/C36H41F3N6O2S/c1-23(2)31-24(3)8-7-9-30(31)45-25(4)18-19-48-34(45)42-33(46)40-21-35(5,6)20-26-10-12-27(13-11-26)32-41-22-44(43-32)28-14-16-29(17-15-28)47-36(37,38)39/h7-17,22-23,25H,18-21H2,1-6H3,(H,40,46). The maximum Gasteiger partial charge on any atom is 0.573 e. The van der Waals surface area contributed by atoms with Gasteiger partial charge in [0, 0.05) is 29.6 Å². The van der Waals surface area contributed by atoms with Crippen LogP contribution in [0.1, 0.15) is 63.6 Å². The molecule has 1 aliphatic rings. The SMILES string of the molecule is Cc1cccc(N2C(=NC(=O)NCC(C)(C)Cc3ccc(-c4ncn(-c5ccc(OC(F)(F)F)cc5)n4)cc3)SCCC2C)c1C(C)C. The summed E-state index contributed by atoms with van der Waals surface area (Å²) in [6, 6.07) is 19.5. The number of urea groups is 1. The highest BCUT2D eigenvalue weighted by molar-refractivity contribution is 8.14. The van der Waals surface area contributed by atoms with Crippen molar-refractivity contribution in [3.05, 3.63) is 89.7 Å². The van der Waals surface area contributed by atoms with E-state index in [0.717, 1.165) is 40.6 Å². The van der Waals surface area contributed by atoms with Gasteiger partial charge in [-0.05, 0) is 85.0 Å². The lowest BCUT2D eigenvalue weighted by molar-refractivity contribution is -0.274. The highest BCUT2D eigenvalue weighted by atomic mass is 32.2. The van der Waals surface area contributed by atoms with Gasteiger partial charge in [0.15, 0.2) is 11.0 Å². The number of halogens is 3. The van der Waals surface area contributed by atoms with Crippen molar-refractivity contribution in [1.29, 1.82) is 0 Å². The Morgan fingerprint density at radius 2 is 1.79 bits per heavy atom. The third-order valence-electron chi connectivity index (χ3n) is 8.19. The molecule has 0 saturated carbocycles. The first-order valence-electron chi connectivity index (χ1n) is 15.9. The van der Waals surface area contributed by atoms with E-state index in [4.69, 9.17) is 0 Å². The summed E-state index contributed by atoms with van der Waals surface area (Å²) in [5, 5.41) is 8.26. The lowest BCUT2D eigenvalue weighted by Gasteiger charge is -2.37. The molecule has 3 aromatic carbocycles. The topological polar surface area (TPSA) is 84.6 Å². The Morgan fingerprint density at radius 1 is 1.08 bits per heavy atom. The normalized spacial score (nSPS) is 16.4. The second-order valence-electron chi connectivity index (χ2n) is 13.2. The van der Waals surface area contributed by atoms with Crippen LogP contribution >= 0.6 is 11.8 Å². The molecule has 12 heteroatoms. The number of alkyl halides is 3. The van der Waals surface area contributed by atoms with Crippen molar-refractivity contribution in [1.82, 2.24) is 20.1 Å². The number of carbonyl (C=O) groups is 1. The average molecular weight is 679 g/mol. The molecule has 4 aromatic rings. The van der Waals surface area contributed by atoms with Gasteiger partial charge in [0.25, 0.3) is 0 Å². The maximum atomic E-state index is 13.2. The summed E-state index contributed by atoms with van der Waals surface area (Å²) < 4.78 is 42.8. The van der Waals surface area contributed by atoms with E-state index in [9.17, 15) is 18.0 Å². The van der Waals surface area contributed by atoms with Crippen LogP contribution < -0.4 is 15.0 Å². The minimum Gasteiger partial charge on any atom is -0.406 e. The summed E-state index contributed by atoms with van der Waals surface area (Å²) in [5.41, 5.74) is 5.84. The van der Waals surface area contributed by atoms with E-state index >= 15 is 0 Å². The van der Waals surface area contributed by atoms with Crippen LogP contribution in [0.25, 0.3) is 17.1 Å². The molecule has 8 nitrogen and oxygen atoms in total. The second kappa shape index (κ2) is 14.4. The van der Waals surface area contributed by atoms with Gasteiger partial charge in [0.2, 0.25) is 0 Å². The molecule has 5 rings (SSSR count). The van der Waals surface area contributed by atoms with E-state index in [2.05, 4.69) is 89.8 Å². The molecule has 1 aromatic heterocycles. The molecular formula is C36H41F3N6O2S. The number of carbonyl (C=O) groups excluding carboxylic acids is 1. The Hall–Kier alpha value is -4.32. The number of hydrogen-bond acceptors (Lipinski definition) is 5. The molecule has 0 radical (unpaired) electrons. The van der Waals surface area contributed by atoms with Crippen LogP contribution in [-0.4, -0.2) is 50.7 Å². The smallest absolute Gasteiger partial charge is 0.406 e. The second-order valence-corrected chi connectivity index (χ2v) is 14.2. The summed E-state index contributed by atoms with van der Waals surface area (Å²) in [6.07, 6.45) is -1.51. The average Bonchev–Trinajstić information content (AvgIpc) is 3.50. The molecule has 1 saturated heterocycles. The van der Waals surface area contributed by atoms with E-state index in [-0.39, 0.29) is 23.2 Å². The number of aliphatic imine (C=N–C) groups is 1. The fourth-order valence-electron chi connectivity index (χ4n) is 5.91. The van der Waals surface area contributed by atoms with Crippen molar-refractivity contribution in [2.75, 3.05) is 17.2 Å². The summed E-state index contributed by atoms with van der Waals surface area (Å²) in [6.45, 7) is 13.4. The Labute approximate surface area is 283 Å². The number of benzene rings is 3. The Bertz CT molecular complexity index is 1750. The lowest BCUT2D eigenvalue weighted by atomic mass is 9.85. The number of amidine groups is 1. The van der Waals surface area contributed by atoms with Crippen LogP contribution in [0.5, 0.6) is 5.75 Å². The van der Waals surface area contributed by atoms with E-state index < -0.39 is 6.36 Å². The number of anilines is 1. The molecule has 0 bridgehead atoms. The predicted molar refractivity (Wildman–Crippen MR) is 186 cm³/mol. The molecule has 1 fully saturated rings. The van der Waals surface area contributed by atoms with Gasteiger partial charge in [-0.2, -0.15) is 4.99 Å². The van der Waals surface area contributed by atoms with Crippen LogP contribution in [0.15, 0.2) is 78.0 Å². The van der Waals surface area contributed by atoms with Gasteiger partial charge >= 0.3 is 12.4 Å². The van der Waals surface area contributed by atoms with Crippen molar-refractivity contribution in [3.8, 4) is 22.8 Å². The van der Waals surface area contributed by atoms with Gasteiger partial charge < -0.3 is 15.0 Å². The minimum absolute atomic E-state index is 0.230. The van der Waals surface area contributed by atoms with E-state index in [0.29, 0.717) is 24.0 Å². The molecule has 254 valence electrons. The zero-order chi connectivity index (χ0) is 34.6. The summed E-state index contributed by atoms with van der Waals surface area (Å²) >= 11 is 1.62. The molecule has 1 N–H and O–H groups in total. The zero-order valence-corrected chi connectivity index (χ0v) is 28.8. The molecular weight excluding hydrogens is 637 g/mol. The molecule has 2 heterocycles. The fourth-order valence-corrected chi connectivity index (χ4v) is 7.12. The van der Waals surface area contributed by atoms with Crippen LogP contribution in [0.4, 0.5) is 23.7 Å². The number of amides is 2. The minimum atomic E-state index is -4.75. The lowest BCUT2D eigenvalue weighted by Crippen LogP contribution is -2.43. The maximum absolute atomic E-state index is 13.2. The molecule has 48 heavy (non-hydrogen) atoms. The number of aryl methyl sites for hydroxylation is 1. The van der Waals surface area contributed by atoms with Gasteiger partial charge in [0.05, 0.1) is 5.69 Å². The summed E-state index contributed by atoms with van der Waals surface area (Å²) in [4.78, 5) is 24.3. The molecule has 1 atom stereocenters. The highest BCUT2D eigenvalue weighted by Gasteiger charge is 2.31. The number of thioether (sulfide) groups is 1. The first kappa shape index (κ1) is 35.0. The number of rotatable bonds is 9.